The van der Waals surface area contributed by atoms with Crippen molar-refractivity contribution in [3.8, 4) is 11.4 Å². The third-order valence-electron chi connectivity index (χ3n) is 8.71. The quantitative estimate of drug-likeness (QED) is 0.235. The molecule has 0 saturated heterocycles. The number of allylic oxidation sites excluding steroid dienone is 1. The molecule has 2 aliphatic rings. The lowest BCUT2D eigenvalue weighted by Crippen LogP contribution is -2.23. The minimum Gasteiger partial charge on any atom is -0.485 e. The molecule has 9 rings (SSSR count). The van der Waals surface area contributed by atoms with Crippen molar-refractivity contribution in [2.75, 3.05) is 0 Å². The molecule has 2 atom stereocenters. The van der Waals surface area contributed by atoms with Crippen molar-refractivity contribution in [2.24, 2.45) is 0 Å². The summed E-state index contributed by atoms with van der Waals surface area (Å²) < 4.78 is 15.4. The first-order chi connectivity index (χ1) is 19.3. The molecule has 0 amide bonds. The van der Waals surface area contributed by atoms with Gasteiger partial charge in [-0.05, 0) is 66.4 Å². The first kappa shape index (κ1) is 21.2. The molecule has 0 spiro atoms. The average Bonchev–Trinajstić information content (AvgIpc) is 3.66. The van der Waals surface area contributed by atoms with Gasteiger partial charge in [0.25, 0.3) is 0 Å². The number of benzene rings is 5. The third-order valence-corrected chi connectivity index (χ3v) is 8.71. The fraction of sp³-hybridized carbons (Fsp3) is 0.111. The summed E-state index contributed by atoms with van der Waals surface area (Å²) in [5.74, 6) is 1.42. The Kier molecular flexibility index (Phi) is 4.28. The van der Waals surface area contributed by atoms with Crippen LogP contribution in [0.5, 0.6) is 5.75 Å². The Balaban J connectivity index is 1.27. The van der Waals surface area contributed by atoms with Crippen molar-refractivity contribution in [2.45, 2.75) is 24.9 Å². The van der Waals surface area contributed by atoms with E-state index in [9.17, 15) is 0 Å². The maximum Gasteiger partial charge on any atom is 0.136 e. The summed E-state index contributed by atoms with van der Waals surface area (Å²) in [6.07, 6.45) is 4.59. The Morgan fingerprint density at radius 2 is 1.44 bits per heavy atom. The van der Waals surface area contributed by atoms with Crippen LogP contribution < -0.4 is 4.74 Å². The normalized spacial score (nSPS) is 18.4. The Labute approximate surface area is 225 Å². The molecule has 3 heterocycles. The van der Waals surface area contributed by atoms with Gasteiger partial charge < -0.3 is 13.7 Å². The van der Waals surface area contributed by atoms with Gasteiger partial charge in [0.05, 0.1) is 11.0 Å². The number of rotatable bonds is 2. The minimum absolute atomic E-state index is 0.0345. The Hall–Kier alpha value is -4.76. The molecular formula is C36H25NO2. The second kappa shape index (κ2) is 7.87. The van der Waals surface area contributed by atoms with Gasteiger partial charge in [-0.3, -0.25) is 0 Å². The summed E-state index contributed by atoms with van der Waals surface area (Å²) >= 11 is 0. The highest BCUT2D eigenvalue weighted by atomic mass is 16.5. The zero-order valence-corrected chi connectivity index (χ0v) is 21.3. The second-order valence-electron chi connectivity index (χ2n) is 10.8. The van der Waals surface area contributed by atoms with E-state index in [-0.39, 0.29) is 6.10 Å². The fourth-order valence-electron chi connectivity index (χ4n) is 7.06. The van der Waals surface area contributed by atoms with Gasteiger partial charge >= 0.3 is 0 Å². The van der Waals surface area contributed by atoms with E-state index in [0.29, 0.717) is 5.92 Å². The summed E-state index contributed by atoms with van der Waals surface area (Å²) in [6, 6.07) is 38.9. The van der Waals surface area contributed by atoms with Crippen molar-refractivity contribution in [3.63, 3.8) is 0 Å². The number of para-hydroxylation sites is 3. The topological polar surface area (TPSA) is 27.3 Å². The fourth-order valence-corrected chi connectivity index (χ4v) is 7.06. The second-order valence-corrected chi connectivity index (χ2v) is 10.8. The Morgan fingerprint density at radius 3 is 2.28 bits per heavy atom. The van der Waals surface area contributed by atoms with E-state index in [0.717, 1.165) is 40.8 Å². The van der Waals surface area contributed by atoms with E-state index in [4.69, 9.17) is 9.15 Å². The first-order valence-corrected chi connectivity index (χ1v) is 13.7. The van der Waals surface area contributed by atoms with E-state index >= 15 is 0 Å². The number of hydrogen-bond donors (Lipinski definition) is 0. The molecule has 2 aromatic heterocycles. The summed E-state index contributed by atoms with van der Waals surface area (Å²) in [6.45, 7) is 0. The molecule has 3 nitrogen and oxygen atoms in total. The van der Waals surface area contributed by atoms with Gasteiger partial charge in [0.2, 0.25) is 0 Å². The first-order valence-electron chi connectivity index (χ1n) is 13.7. The van der Waals surface area contributed by atoms with E-state index in [1.807, 2.05) is 0 Å². The number of aromatic nitrogens is 1. The van der Waals surface area contributed by atoms with Gasteiger partial charge in [-0.2, -0.15) is 0 Å². The number of nitrogens with zero attached hydrogens (tertiary/aromatic N) is 1. The molecule has 1 aliphatic carbocycles. The summed E-state index contributed by atoms with van der Waals surface area (Å²) in [4.78, 5) is 0. The van der Waals surface area contributed by atoms with E-state index in [1.54, 1.807) is 0 Å². The van der Waals surface area contributed by atoms with Crippen molar-refractivity contribution < 1.29 is 9.15 Å². The highest BCUT2D eigenvalue weighted by Gasteiger charge is 2.39. The van der Waals surface area contributed by atoms with Crippen LogP contribution in [0, 0.1) is 0 Å². The lowest BCUT2D eigenvalue weighted by Gasteiger charge is -2.26. The predicted octanol–water partition coefficient (Wildman–Crippen LogP) is 9.41. The van der Waals surface area contributed by atoms with Gasteiger partial charge in [0, 0.05) is 38.7 Å². The van der Waals surface area contributed by atoms with E-state index in [2.05, 4.69) is 120 Å². The van der Waals surface area contributed by atoms with Crippen molar-refractivity contribution >= 4 is 49.3 Å². The number of ether oxygens (including phenoxy) is 1. The number of furan rings is 1. The van der Waals surface area contributed by atoms with Crippen LogP contribution in [0.15, 0.2) is 120 Å². The molecular weight excluding hydrogens is 478 g/mol. The molecule has 0 fully saturated rings. The van der Waals surface area contributed by atoms with Gasteiger partial charge in [-0.25, -0.2) is 0 Å². The van der Waals surface area contributed by atoms with Crippen LogP contribution >= 0.6 is 0 Å². The van der Waals surface area contributed by atoms with Gasteiger partial charge in [0.15, 0.2) is 0 Å². The molecule has 5 aromatic carbocycles. The molecule has 0 radical (unpaired) electrons. The molecule has 0 N–H and O–H groups in total. The molecule has 3 heteroatoms. The smallest absolute Gasteiger partial charge is 0.136 e. The van der Waals surface area contributed by atoms with Crippen LogP contribution in [0.25, 0.3) is 55.0 Å². The van der Waals surface area contributed by atoms with Crippen molar-refractivity contribution in [1.82, 2.24) is 4.57 Å². The molecule has 0 bridgehead atoms. The van der Waals surface area contributed by atoms with Crippen molar-refractivity contribution in [3.05, 3.63) is 126 Å². The maximum absolute atomic E-state index is 6.59. The maximum atomic E-state index is 6.59. The SMILES string of the molecule is C1=C(c2cccc3oc4ccc(-n5c6ccccc6c6ccccc65)cc4c23)C2Oc3ccccc3C2CC1. The Morgan fingerprint density at radius 1 is 0.667 bits per heavy atom. The highest BCUT2D eigenvalue weighted by molar-refractivity contribution is 6.13. The number of hydrogen-bond acceptors (Lipinski definition) is 2. The minimum atomic E-state index is 0.0345. The zero-order valence-electron chi connectivity index (χ0n) is 21.3. The van der Waals surface area contributed by atoms with Crippen LogP contribution in [0.1, 0.15) is 29.9 Å². The Bertz CT molecular complexity index is 2070. The predicted molar refractivity (Wildman–Crippen MR) is 159 cm³/mol. The molecule has 0 saturated carbocycles. The molecule has 186 valence electrons. The van der Waals surface area contributed by atoms with Crippen molar-refractivity contribution in [1.29, 1.82) is 0 Å². The van der Waals surface area contributed by atoms with Crippen LogP contribution in [0.2, 0.25) is 0 Å². The summed E-state index contributed by atoms with van der Waals surface area (Å²) in [7, 11) is 0. The zero-order chi connectivity index (χ0) is 25.5. The van der Waals surface area contributed by atoms with Gasteiger partial charge in [-0.15, -0.1) is 0 Å². The van der Waals surface area contributed by atoms with Gasteiger partial charge in [0.1, 0.15) is 23.0 Å². The lowest BCUT2D eigenvalue weighted by atomic mass is 9.79. The number of fused-ring (bicyclic) bond motifs is 9. The van der Waals surface area contributed by atoms with Crippen LogP contribution in [0.4, 0.5) is 0 Å². The molecule has 1 aliphatic heterocycles. The van der Waals surface area contributed by atoms with E-state index < -0.39 is 0 Å². The summed E-state index contributed by atoms with van der Waals surface area (Å²) in [5.41, 5.74) is 9.21. The van der Waals surface area contributed by atoms with E-state index in [1.165, 1.54) is 43.9 Å². The third kappa shape index (κ3) is 2.93. The summed E-state index contributed by atoms with van der Waals surface area (Å²) in [5, 5.41) is 4.84. The van der Waals surface area contributed by atoms with Gasteiger partial charge in [-0.1, -0.05) is 72.8 Å². The molecule has 7 aromatic rings. The largest absolute Gasteiger partial charge is 0.485 e. The highest BCUT2D eigenvalue weighted by Crippen LogP contribution is 2.49. The van der Waals surface area contributed by atoms with Crippen LogP contribution in [0.3, 0.4) is 0 Å². The standard InChI is InChI=1S/C36H25NO2/c1-4-15-30-23(9-1)24-10-2-5-16-31(24)37(30)22-19-20-33-29(21-22)35-26(12-8-18-34(35)38-33)28-14-7-13-27-25-11-3-6-17-32(25)39-36(27)28/h1-6,8-12,14-21,27,36H,7,13H2. The molecule has 39 heavy (non-hydrogen) atoms. The average molecular weight is 504 g/mol. The monoisotopic (exact) mass is 503 g/mol. The van der Waals surface area contributed by atoms with Crippen LogP contribution in [-0.4, -0.2) is 10.7 Å². The lowest BCUT2D eigenvalue weighted by molar-refractivity contribution is 0.254. The molecule has 2 unspecified atom stereocenters. The van der Waals surface area contributed by atoms with Crippen LogP contribution in [-0.2, 0) is 0 Å².